The zero-order valence-electron chi connectivity index (χ0n) is 21.8. The van der Waals surface area contributed by atoms with Crippen LogP contribution in [0.1, 0.15) is 35.5 Å². The molecule has 0 aliphatic rings. The Morgan fingerprint density at radius 1 is 1.12 bits per heavy atom. The highest BCUT2D eigenvalue weighted by Crippen LogP contribution is 2.30. The largest absolute Gasteiger partial charge is 0.574 e. The molecule has 1 atom stereocenters. The number of nitrogens with zero attached hydrogens (tertiary/aromatic N) is 2. The summed E-state index contributed by atoms with van der Waals surface area (Å²) in [6.45, 7) is 5.44. The number of aromatic amines is 1. The smallest absolute Gasteiger partial charge is 0.214 e. The lowest BCUT2D eigenvalue weighted by Crippen LogP contribution is -2.35. The third-order valence-corrected chi connectivity index (χ3v) is 7.10. The summed E-state index contributed by atoms with van der Waals surface area (Å²) in [6, 6.07) is 15.3. The molecule has 0 fully saturated rings. The number of benzene rings is 3. The average molecular weight is 565 g/mol. The second-order valence-corrected chi connectivity index (χ2v) is 10.4. The molecule has 40 heavy (non-hydrogen) atoms. The summed E-state index contributed by atoms with van der Waals surface area (Å²) in [6.07, 6.45) is 1.36. The van der Waals surface area contributed by atoms with E-state index >= 15 is 0 Å². The third-order valence-electron chi connectivity index (χ3n) is 6.01. The van der Waals surface area contributed by atoms with Gasteiger partial charge in [-0.2, -0.15) is 9.82 Å². The van der Waals surface area contributed by atoms with Gasteiger partial charge in [0.15, 0.2) is 28.9 Å². The number of hydrogen-bond donors (Lipinski definition) is 4. The number of halogens is 2. The van der Waals surface area contributed by atoms with Gasteiger partial charge < -0.3 is 20.0 Å². The van der Waals surface area contributed by atoms with Gasteiger partial charge in [-0.3, -0.25) is 4.79 Å². The number of carbonyl (C=O) groups is 1. The summed E-state index contributed by atoms with van der Waals surface area (Å²) >= 11 is -1.69. The van der Waals surface area contributed by atoms with Gasteiger partial charge in [-0.05, 0) is 74.9 Å². The Bertz CT molecular complexity index is 1720. The fourth-order valence-electron chi connectivity index (χ4n) is 4.15. The standard InChI is InChI=1S/C28H26F2N6O3S/c1-15(2)34-40(38)35-23-13-22-17(11-21(23)30)12-24(33-22)27(37)19-14-32-36(28(19)31)25-9-8-18(10-16(25)3)39-26-7-5-4-6-20(26)29/h4-15,33-35H,31H2,1-3H3. The molecule has 9 nitrogen and oxygen atoms in total. The van der Waals surface area contributed by atoms with E-state index in [9.17, 15) is 18.1 Å². The molecule has 1 unspecified atom stereocenters. The van der Waals surface area contributed by atoms with Crippen molar-refractivity contribution in [2.45, 2.75) is 26.8 Å². The number of nitrogens with two attached hydrogens (primary N) is 1. The lowest BCUT2D eigenvalue weighted by atomic mass is 10.1. The molecule has 5 aromatic rings. The lowest BCUT2D eigenvalue weighted by Gasteiger charge is -2.14. The number of ketones is 1. The zero-order chi connectivity index (χ0) is 28.6. The van der Waals surface area contributed by atoms with Gasteiger partial charge in [0.2, 0.25) is 5.78 Å². The minimum absolute atomic E-state index is 0.0186. The van der Waals surface area contributed by atoms with Crippen LogP contribution >= 0.6 is 0 Å². The van der Waals surface area contributed by atoms with Crippen LogP contribution in [0.5, 0.6) is 11.5 Å². The molecule has 0 saturated carbocycles. The average Bonchev–Trinajstić information content (AvgIpc) is 3.48. The van der Waals surface area contributed by atoms with E-state index in [1.54, 1.807) is 30.3 Å². The normalized spacial score (nSPS) is 12.2. The van der Waals surface area contributed by atoms with Gasteiger partial charge in [-0.25, -0.2) is 13.5 Å². The molecule has 0 amide bonds. The van der Waals surface area contributed by atoms with Gasteiger partial charge in [0.25, 0.3) is 0 Å². The first-order valence-electron chi connectivity index (χ1n) is 12.3. The number of H-pyrrole nitrogens is 1. The van der Waals surface area contributed by atoms with E-state index in [0.717, 1.165) is 5.56 Å². The monoisotopic (exact) mass is 564 g/mol. The first kappa shape index (κ1) is 27.2. The van der Waals surface area contributed by atoms with Gasteiger partial charge in [-0.15, -0.1) is 4.72 Å². The van der Waals surface area contributed by atoms with Crippen molar-refractivity contribution in [2.24, 2.45) is 0 Å². The number of aromatic nitrogens is 3. The number of nitrogens with one attached hydrogen (secondary N) is 3. The van der Waals surface area contributed by atoms with E-state index in [0.29, 0.717) is 22.3 Å². The second kappa shape index (κ2) is 11.0. The molecule has 5 N–H and O–H groups in total. The predicted molar refractivity (Wildman–Crippen MR) is 151 cm³/mol. The molecule has 0 aliphatic carbocycles. The van der Waals surface area contributed by atoms with Crippen LogP contribution in [0.25, 0.3) is 16.6 Å². The number of nitrogen functional groups attached to an aromatic ring is 1. The molecule has 0 radical (unpaired) electrons. The number of hydrogen-bond acceptors (Lipinski definition) is 7. The quantitative estimate of drug-likeness (QED) is 0.137. The Kier molecular flexibility index (Phi) is 7.48. The summed E-state index contributed by atoms with van der Waals surface area (Å²) in [5.74, 6) is -0.891. The van der Waals surface area contributed by atoms with E-state index in [4.69, 9.17) is 10.5 Å². The van der Waals surface area contributed by atoms with Gasteiger partial charge >= 0.3 is 0 Å². The summed E-state index contributed by atoms with van der Waals surface area (Å²) in [7, 11) is 0. The number of fused-ring (bicyclic) bond motifs is 1. The van der Waals surface area contributed by atoms with Crippen molar-refractivity contribution in [3.8, 4) is 17.2 Å². The van der Waals surface area contributed by atoms with Crippen molar-refractivity contribution >= 4 is 39.7 Å². The first-order valence-corrected chi connectivity index (χ1v) is 13.4. The topological polar surface area (TPSA) is 133 Å². The number of para-hydroxylation sites is 1. The Balaban J connectivity index is 1.39. The number of carbonyl (C=O) groups excluding carboxylic acids is 1. The predicted octanol–water partition coefficient (Wildman–Crippen LogP) is 5.53. The highest BCUT2D eigenvalue weighted by Gasteiger charge is 2.22. The van der Waals surface area contributed by atoms with Crippen molar-refractivity contribution in [2.75, 3.05) is 10.5 Å². The molecule has 12 heteroatoms. The fourth-order valence-corrected chi connectivity index (χ4v) is 4.99. The highest BCUT2D eigenvalue weighted by atomic mass is 32.2. The van der Waals surface area contributed by atoms with E-state index in [-0.39, 0.29) is 34.6 Å². The Morgan fingerprint density at radius 2 is 1.90 bits per heavy atom. The van der Waals surface area contributed by atoms with E-state index in [1.165, 1.54) is 41.2 Å². The molecular weight excluding hydrogens is 538 g/mol. The lowest BCUT2D eigenvalue weighted by molar-refractivity contribution is 0.103. The summed E-state index contributed by atoms with van der Waals surface area (Å²) < 4.78 is 53.1. The Morgan fingerprint density at radius 3 is 2.62 bits per heavy atom. The molecular formula is C28H26F2N6O3S. The maximum atomic E-state index is 14.6. The molecule has 206 valence electrons. The molecule has 3 aromatic carbocycles. The van der Waals surface area contributed by atoms with Crippen LogP contribution in [0.3, 0.4) is 0 Å². The maximum Gasteiger partial charge on any atom is 0.214 e. The maximum absolute atomic E-state index is 14.6. The number of anilines is 2. The SMILES string of the molecule is Cc1cc(Oc2ccccc2F)ccc1-n1ncc(C(=O)c2cc3cc(F)c(N[S+]([O-])NC(C)C)cc3[nH]2)c1N. The van der Waals surface area contributed by atoms with Crippen molar-refractivity contribution in [3.63, 3.8) is 0 Å². The molecule has 0 saturated heterocycles. The van der Waals surface area contributed by atoms with Crippen LogP contribution in [0.2, 0.25) is 0 Å². The van der Waals surface area contributed by atoms with Crippen LogP contribution in [0.15, 0.2) is 66.9 Å². The van der Waals surface area contributed by atoms with E-state index in [1.807, 2.05) is 20.8 Å². The van der Waals surface area contributed by atoms with Gasteiger partial charge in [0.1, 0.15) is 17.3 Å². The van der Waals surface area contributed by atoms with Crippen molar-refractivity contribution < 1.29 is 22.9 Å². The molecule has 5 rings (SSSR count). The van der Waals surface area contributed by atoms with Crippen molar-refractivity contribution in [3.05, 3.63) is 95.3 Å². The van der Waals surface area contributed by atoms with Gasteiger partial charge in [-0.1, -0.05) is 12.1 Å². The van der Waals surface area contributed by atoms with Crippen LogP contribution < -0.4 is 19.9 Å². The minimum Gasteiger partial charge on any atom is -0.574 e. The fraction of sp³-hybridized carbons (Fsp3) is 0.143. The molecule has 0 spiro atoms. The van der Waals surface area contributed by atoms with Gasteiger partial charge in [0.05, 0.1) is 23.1 Å². The molecule has 2 aromatic heterocycles. The molecule has 0 bridgehead atoms. The minimum atomic E-state index is -1.69. The van der Waals surface area contributed by atoms with Crippen LogP contribution in [0.4, 0.5) is 20.3 Å². The number of aryl methyl sites for hydroxylation is 1. The summed E-state index contributed by atoms with van der Waals surface area (Å²) in [4.78, 5) is 16.3. The number of ether oxygens (including phenoxy) is 1. The highest BCUT2D eigenvalue weighted by molar-refractivity contribution is 7.90. The van der Waals surface area contributed by atoms with E-state index in [2.05, 4.69) is 19.5 Å². The van der Waals surface area contributed by atoms with Crippen LogP contribution in [-0.4, -0.2) is 31.1 Å². The molecule has 0 aliphatic heterocycles. The Hall–Kier alpha value is -4.39. The van der Waals surface area contributed by atoms with Crippen molar-refractivity contribution in [1.82, 2.24) is 19.5 Å². The summed E-state index contributed by atoms with van der Waals surface area (Å²) in [5, 5.41) is 4.76. The third kappa shape index (κ3) is 5.50. The molecule has 2 heterocycles. The first-order chi connectivity index (χ1) is 19.1. The van der Waals surface area contributed by atoms with Crippen LogP contribution in [-0.2, 0) is 11.5 Å². The number of rotatable bonds is 9. The summed E-state index contributed by atoms with van der Waals surface area (Å²) in [5.41, 5.74) is 8.50. The van der Waals surface area contributed by atoms with Crippen molar-refractivity contribution in [1.29, 1.82) is 0 Å². The second-order valence-electron chi connectivity index (χ2n) is 9.41. The van der Waals surface area contributed by atoms with E-state index < -0.39 is 29.0 Å². The zero-order valence-corrected chi connectivity index (χ0v) is 22.6. The van der Waals surface area contributed by atoms with Crippen LogP contribution in [0, 0.1) is 18.6 Å². The Labute approximate surface area is 231 Å². The van der Waals surface area contributed by atoms with Gasteiger partial charge in [0, 0.05) is 16.9 Å².